The van der Waals surface area contributed by atoms with Crippen LogP contribution in [-0.2, 0) is 7.05 Å². The number of anilines is 1. The normalized spacial score (nSPS) is 15.9. The number of benzene rings is 2. The molecule has 5 nitrogen and oxygen atoms in total. The van der Waals surface area contributed by atoms with Crippen LogP contribution in [0.1, 0.15) is 29.7 Å². The summed E-state index contributed by atoms with van der Waals surface area (Å²) in [6.45, 7) is 2.78. The third-order valence-electron chi connectivity index (χ3n) is 5.57. The summed E-state index contributed by atoms with van der Waals surface area (Å²) in [6.07, 6.45) is 1.49. The van der Waals surface area contributed by atoms with Crippen LogP contribution in [0.4, 0.5) is 14.5 Å². The van der Waals surface area contributed by atoms with Crippen molar-refractivity contribution in [1.82, 2.24) is 14.1 Å². The van der Waals surface area contributed by atoms with Crippen molar-refractivity contribution in [2.45, 2.75) is 19.4 Å². The van der Waals surface area contributed by atoms with Gasteiger partial charge in [0, 0.05) is 24.5 Å². The molecule has 1 aliphatic heterocycles. The van der Waals surface area contributed by atoms with Gasteiger partial charge in [-0.25, -0.2) is 13.8 Å². The summed E-state index contributed by atoms with van der Waals surface area (Å²) in [5, 5.41) is 4.09. The van der Waals surface area contributed by atoms with Crippen LogP contribution in [0.15, 0.2) is 30.3 Å². The van der Waals surface area contributed by atoms with E-state index in [9.17, 15) is 13.6 Å². The number of aryl methyl sites for hydroxylation is 1. The van der Waals surface area contributed by atoms with Crippen molar-refractivity contribution >= 4 is 33.9 Å². The van der Waals surface area contributed by atoms with E-state index in [1.54, 1.807) is 17.7 Å². The van der Waals surface area contributed by atoms with E-state index in [1.807, 2.05) is 6.07 Å². The number of nitrogens with one attached hydrogen (secondary N) is 1. The van der Waals surface area contributed by atoms with Crippen LogP contribution in [-0.4, -0.2) is 26.9 Å². The lowest BCUT2D eigenvalue weighted by atomic mass is 10.1. The molecule has 142 valence electrons. The molecule has 1 N–H and O–H groups in total. The summed E-state index contributed by atoms with van der Waals surface area (Å²) in [5.74, 6) is -0.212. The van der Waals surface area contributed by atoms with E-state index in [-0.39, 0.29) is 17.4 Å². The summed E-state index contributed by atoms with van der Waals surface area (Å²) in [7, 11) is 1.75. The Morgan fingerprint density at radius 2 is 2.04 bits per heavy atom. The number of fused-ring (bicyclic) bond motifs is 1. The number of aldehydes is 1. The van der Waals surface area contributed by atoms with Gasteiger partial charge in [-0.3, -0.25) is 4.79 Å². The largest absolute Gasteiger partial charge is 0.381 e. The van der Waals surface area contributed by atoms with Gasteiger partial charge >= 0.3 is 0 Å². The average Bonchev–Trinajstić information content (AvgIpc) is 3.21. The van der Waals surface area contributed by atoms with Crippen molar-refractivity contribution in [2.24, 2.45) is 7.05 Å². The van der Waals surface area contributed by atoms with Crippen LogP contribution >= 0.6 is 0 Å². The van der Waals surface area contributed by atoms with Crippen molar-refractivity contribution < 1.29 is 13.6 Å². The third-order valence-corrected chi connectivity index (χ3v) is 5.57. The standard InChI is InChI=1S/C21H18F2N4O/c1-3-14-9-24-16-8-13(22)6-12-7-18(27(14)19(12)16)21-25-17-5-11(10-28)4-15(23)20(17)26(21)2/h4-8,10,14,24H,3,9H2,1-2H3. The molecule has 28 heavy (non-hydrogen) atoms. The van der Waals surface area contributed by atoms with Crippen LogP contribution in [0.3, 0.4) is 0 Å². The Labute approximate surface area is 159 Å². The van der Waals surface area contributed by atoms with Crippen molar-refractivity contribution in [1.29, 1.82) is 0 Å². The molecule has 3 heterocycles. The zero-order valence-electron chi connectivity index (χ0n) is 15.5. The fourth-order valence-corrected chi connectivity index (χ4v) is 4.28. The van der Waals surface area contributed by atoms with Crippen molar-refractivity contribution in [3.63, 3.8) is 0 Å². The molecule has 2 aromatic heterocycles. The lowest BCUT2D eigenvalue weighted by Crippen LogP contribution is -2.24. The molecule has 7 heteroatoms. The molecule has 1 aliphatic rings. The lowest BCUT2D eigenvalue weighted by Gasteiger charge is -2.28. The first kappa shape index (κ1) is 16.9. The number of aromatic nitrogens is 3. The molecule has 0 amide bonds. The minimum Gasteiger partial charge on any atom is -0.381 e. The monoisotopic (exact) mass is 380 g/mol. The highest BCUT2D eigenvalue weighted by Crippen LogP contribution is 2.40. The maximum Gasteiger partial charge on any atom is 0.157 e. The molecule has 0 radical (unpaired) electrons. The van der Waals surface area contributed by atoms with E-state index in [0.717, 1.165) is 28.7 Å². The Hall–Kier alpha value is -3.22. The molecule has 0 fully saturated rings. The minimum absolute atomic E-state index is 0.167. The predicted octanol–water partition coefficient (Wildman–Crippen LogP) is 4.66. The topological polar surface area (TPSA) is 51.9 Å². The van der Waals surface area contributed by atoms with Gasteiger partial charge in [0.15, 0.2) is 5.82 Å². The SMILES string of the molecule is CCC1CNc2cc(F)cc3cc(-c4nc5cc(C=O)cc(F)c5n4C)n1c23. The number of nitrogens with zero attached hydrogens (tertiary/aromatic N) is 3. The van der Waals surface area contributed by atoms with E-state index in [0.29, 0.717) is 29.7 Å². The fraction of sp³-hybridized carbons (Fsp3) is 0.238. The van der Waals surface area contributed by atoms with Crippen LogP contribution in [0, 0.1) is 11.6 Å². The number of rotatable bonds is 3. The van der Waals surface area contributed by atoms with Gasteiger partial charge in [0.05, 0.1) is 28.5 Å². The summed E-state index contributed by atoms with van der Waals surface area (Å²) >= 11 is 0. The fourth-order valence-electron chi connectivity index (χ4n) is 4.28. The molecule has 0 bridgehead atoms. The van der Waals surface area contributed by atoms with Gasteiger partial charge in [-0.05, 0) is 36.8 Å². The van der Waals surface area contributed by atoms with Gasteiger partial charge in [0.1, 0.15) is 23.4 Å². The first-order valence-electron chi connectivity index (χ1n) is 9.21. The highest BCUT2D eigenvalue weighted by molar-refractivity contribution is 5.97. The zero-order valence-corrected chi connectivity index (χ0v) is 15.5. The zero-order chi connectivity index (χ0) is 19.6. The molecule has 0 spiro atoms. The van der Waals surface area contributed by atoms with E-state index in [2.05, 4.69) is 21.8 Å². The van der Waals surface area contributed by atoms with E-state index >= 15 is 0 Å². The molecular formula is C21H18F2N4O. The summed E-state index contributed by atoms with van der Waals surface area (Å²) < 4.78 is 32.5. The van der Waals surface area contributed by atoms with Crippen LogP contribution in [0.25, 0.3) is 33.5 Å². The molecule has 2 aromatic carbocycles. The first-order valence-corrected chi connectivity index (χ1v) is 9.21. The summed E-state index contributed by atoms with van der Waals surface area (Å²) in [4.78, 5) is 15.7. The maximum atomic E-state index is 14.6. The quantitative estimate of drug-likeness (QED) is 0.526. The highest BCUT2D eigenvalue weighted by Gasteiger charge is 2.27. The van der Waals surface area contributed by atoms with Crippen molar-refractivity contribution in [3.05, 3.63) is 47.5 Å². The smallest absolute Gasteiger partial charge is 0.157 e. The van der Waals surface area contributed by atoms with Gasteiger partial charge in [0.2, 0.25) is 0 Å². The van der Waals surface area contributed by atoms with E-state index in [4.69, 9.17) is 0 Å². The van der Waals surface area contributed by atoms with Crippen LogP contribution in [0.2, 0.25) is 0 Å². The Morgan fingerprint density at radius 1 is 1.21 bits per heavy atom. The first-order chi connectivity index (χ1) is 13.5. The molecule has 1 unspecified atom stereocenters. The third kappa shape index (κ3) is 2.22. The summed E-state index contributed by atoms with van der Waals surface area (Å²) in [5.41, 5.74) is 3.49. The van der Waals surface area contributed by atoms with Crippen molar-refractivity contribution in [2.75, 3.05) is 11.9 Å². The lowest BCUT2D eigenvalue weighted by molar-refractivity contribution is 0.112. The molecule has 0 saturated heterocycles. The number of halogens is 2. The van der Waals surface area contributed by atoms with E-state index in [1.165, 1.54) is 18.2 Å². The van der Waals surface area contributed by atoms with Gasteiger partial charge in [-0.15, -0.1) is 0 Å². The number of hydrogen-bond donors (Lipinski definition) is 1. The number of carbonyl (C=O) groups excluding carboxylic acids is 1. The maximum absolute atomic E-state index is 14.6. The molecule has 4 aromatic rings. The number of imidazole rings is 1. The van der Waals surface area contributed by atoms with Gasteiger partial charge in [-0.1, -0.05) is 6.92 Å². The minimum atomic E-state index is -0.490. The highest BCUT2D eigenvalue weighted by atomic mass is 19.1. The van der Waals surface area contributed by atoms with Gasteiger partial charge in [-0.2, -0.15) is 0 Å². The number of hydrogen-bond acceptors (Lipinski definition) is 3. The molecule has 5 rings (SSSR count). The molecule has 1 atom stereocenters. The van der Waals surface area contributed by atoms with Crippen LogP contribution < -0.4 is 5.32 Å². The Bertz CT molecular complexity index is 1270. The summed E-state index contributed by atoms with van der Waals surface area (Å²) in [6, 6.07) is 7.87. The molecule has 0 aliphatic carbocycles. The Kier molecular flexibility index (Phi) is 3.56. The van der Waals surface area contributed by atoms with Gasteiger partial charge in [0.25, 0.3) is 0 Å². The van der Waals surface area contributed by atoms with Gasteiger partial charge < -0.3 is 14.5 Å². The average molecular weight is 380 g/mol. The van der Waals surface area contributed by atoms with Crippen LogP contribution in [0.5, 0.6) is 0 Å². The Balaban J connectivity index is 1.86. The second kappa shape index (κ2) is 5.89. The second-order valence-corrected chi connectivity index (χ2v) is 7.22. The number of carbonyl (C=O) groups is 1. The van der Waals surface area contributed by atoms with E-state index < -0.39 is 5.82 Å². The van der Waals surface area contributed by atoms with Crippen molar-refractivity contribution in [3.8, 4) is 11.5 Å². The molecule has 0 saturated carbocycles. The predicted molar refractivity (Wildman–Crippen MR) is 105 cm³/mol. The molecular weight excluding hydrogens is 362 g/mol. The second-order valence-electron chi connectivity index (χ2n) is 7.22. The Morgan fingerprint density at radius 3 is 2.79 bits per heavy atom.